The van der Waals surface area contributed by atoms with Crippen LogP contribution in [-0.4, -0.2) is 10.7 Å². The molecule has 0 spiro atoms. The van der Waals surface area contributed by atoms with Crippen LogP contribution < -0.4 is 0 Å². The summed E-state index contributed by atoms with van der Waals surface area (Å²) in [4.78, 5) is 0. The van der Waals surface area contributed by atoms with Gasteiger partial charge in [0.15, 0.2) is 0 Å². The molecule has 0 aromatic heterocycles. The van der Waals surface area contributed by atoms with E-state index in [1.807, 2.05) is 12.1 Å². The van der Waals surface area contributed by atoms with Gasteiger partial charge in [0.2, 0.25) is 0 Å². The first-order valence-electron chi connectivity index (χ1n) is 8.15. The number of nitrogens with zero attached hydrogens (tertiary/aromatic N) is 1. The number of rotatable bonds is 1. The normalized spacial score (nSPS) is 34.8. The van der Waals surface area contributed by atoms with Gasteiger partial charge in [-0.25, -0.2) is 0 Å². The van der Waals surface area contributed by atoms with E-state index in [-0.39, 0.29) is 5.41 Å². The van der Waals surface area contributed by atoms with Crippen molar-refractivity contribution in [2.45, 2.75) is 69.8 Å². The minimum Gasteiger partial charge on any atom is -0.388 e. The van der Waals surface area contributed by atoms with E-state index >= 15 is 0 Å². The SMILES string of the molecule is CC1(C)CCCC(O)(C2(C#N)CCc3ccccc32)CC1. The van der Waals surface area contributed by atoms with Gasteiger partial charge in [0.25, 0.3) is 0 Å². The molecule has 0 heterocycles. The number of hydrogen-bond acceptors (Lipinski definition) is 2. The highest BCUT2D eigenvalue weighted by atomic mass is 16.3. The molecule has 1 N–H and O–H groups in total. The Labute approximate surface area is 127 Å². The van der Waals surface area contributed by atoms with Crippen LogP contribution in [0.5, 0.6) is 0 Å². The molecule has 0 saturated heterocycles. The number of fused-ring (bicyclic) bond motifs is 1. The molecule has 2 aliphatic carbocycles. The van der Waals surface area contributed by atoms with Crippen molar-refractivity contribution in [1.82, 2.24) is 0 Å². The van der Waals surface area contributed by atoms with E-state index < -0.39 is 11.0 Å². The van der Waals surface area contributed by atoms with Crippen molar-refractivity contribution < 1.29 is 5.11 Å². The Balaban J connectivity index is 2.03. The first-order chi connectivity index (χ1) is 9.93. The Morgan fingerprint density at radius 1 is 1.05 bits per heavy atom. The van der Waals surface area contributed by atoms with Crippen molar-refractivity contribution in [3.63, 3.8) is 0 Å². The zero-order valence-electron chi connectivity index (χ0n) is 13.2. The maximum atomic E-state index is 11.5. The molecule has 0 radical (unpaired) electrons. The second-order valence-corrected chi connectivity index (χ2v) is 7.72. The second kappa shape index (κ2) is 4.85. The number of hydrogen-bond donors (Lipinski definition) is 1. The summed E-state index contributed by atoms with van der Waals surface area (Å²) in [5.41, 5.74) is 1.02. The van der Waals surface area contributed by atoms with Crippen LogP contribution in [0.3, 0.4) is 0 Å². The maximum absolute atomic E-state index is 11.5. The number of aryl methyl sites for hydroxylation is 1. The Hall–Kier alpha value is -1.33. The maximum Gasteiger partial charge on any atom is 0.111 e. The van der Waals surface area contributed by atoms with Crippen molar-refractivity contribution in [3.8, 4) is 6.07 Å². The van der Waals surface area contributed by atoms with Gasteiger partial charge in [0.1, 0.15) is 5.41 Å². The molecule has 1 aromatic rings. The number of nitriles is 1. The number of aliphatic hydroxyl groups is 1. The van der Waals surface area contributed by atoms with Crippen LogP contribution >= 0.6 is 0 Å². The van der Waals surface area contributed by atoms with E-state index in [0.29, 0.717) is 0 Å². The van der Waals surface area contributed by atoms with E-state index in [1.54, 1.807) is 0 Å². The third-order valence-corrected chi connectivity index (χ3v) is 5.89. The van der Waals surface area contributed by atoms with Crippen LogP contribution in [0.4, 0.5) is 0 Å². The topological polar surface area (TPSA) is 44.0 Å². The number of benzene rings is 1. The van der Waals surface area contributed by atoms with Crippen LogP contribution in [0, 0.1) is 16.7 Å². The summed E-state index contributed by atoms with van der Waals surface area (Å²) in [6.07, 6.45) is 6.30. The Bertz CT molecular complexity index is 585. The Morgan fingerprint density at radius 3 is 2.57 bits per heavy atom. The fourth-order valence-electron chi connectivity index (χ4n) is 4.40. The molecule has 1 fully saturated rings. The summed E-state index contributed by atoms with van der Waals surface area (Å²) in [5, 5.41) is 21.5. The quantitative estimate of drug-likeness (QED) is 0.788. The van der Waals surface area contributed by atoms with Crippen molar-refractivity contribution >= 4 is 0 Å². The molecule has 0 aliphatic heterocycles. The standard InChI is InChI=1S/C19H25NO/c1-17(2)9-5-10-19(21,13-12-17)18(14-20)11-8-15-6-3-4-7-16(15)18/h3-4,6-7,21H,5,8-13H2,1-2H3. The summed E-state index contributed by atoms with van der Waals surface area (Å²) in [7, 11) is 0. The fraction of sp³-hybridized carbons (Fsp3) is 0.632. The van der Waals surface area contributed by atoms with Gasteiger partial charge in [-0.3, -0.25) is 0 Å². The Kier molecular flexibility index (Phi) is 3.37. The lowest BCUT2D eigenvalue weighted by molar-refractivity contribution is -0.0323. The minimum atomic E-state index is -0.873. The molecule has 0 amide bonds. The second-order valence-electron chi connectivity index (χ2n) is 7.72. The predicted molar refractivity (Wildman–Crippen MR) is 83.9 cm³/mol. The van der Waals surface area contributed by atoms with Crippen LogP contribution in [0.2, 0.25) is 0 Å². The van der Waals surface area contributed by atoms with Gasteiger partial charge in [-0.1, -0.05) is 38.1 Å². The van der Waals surface area contributed by atoms with Gasteiger partial charge in [0.05, 0.1) is 11.7 Å². The molecule has 2 aliphatic rings. The summed E-state index contributed by atoms with van der Waals surface area (Å²) in [6.45, 7) is 4.56. The van der Waals surface area contributed by atoms with E-state index in [0.717, 1.165) is 50.5 Å². The molecule has 3 rings (SSSR count). The van der Waals surface area contributed by atoms with Gasteiger partial charge in [-0.2, -0.15) is 5.26 Å². The third kappa shape index (κ3) is 2.19. The van der Waals surface area contributed by atoms with Gasteiger partial charge in [-0.05, 0) is 61.5 Å². The van der Waals surface area contributed by atoms with Gasteiger partial charge >= 0.3 is 0 Å². The van der Waals surface area contributed by atoms with E-state index in [4.69, 9.17) is 0 Å². The van der Waals surface area contributed by atoms with Crippen LogP contribution in [0.15, 0.2) is 24.3 Å². The first kappa shape index (κ1) is 14.6. The smallest absolute Gasteiger partial charge is 0.111 e. The summed E-state index contributed by atoms with van der Waals surface area (Å²) < 4.78 is 0. The highest BCUT2D eigenvalue weighted by Crippen LogP contribution is 2.52. The summed E-state index contributed by atoms with van der Waals surface area (Å²) in [5.74, 6) is 0. The predicted octanol–water partition coefficient (Wildman–Crippen LogP) is 4.12. The lowest BCUT2D eigenvalue weighted by atomic mass is 9.65. The molecule has 2 heteroatoms. The molecule has 2 atom stereocenters. The van der Waals surface area contributed by atoms with E-state index in [1.165, 1.54) is 5.56 Å². The Morgan fingerprint density at radius 2 is 1.81 bits per heavy atom. The average Bonchev–Trinajstić information content (AvgIpc) is 2.79. The van der Waals surface area contributed by atoms with Crippen LogP contribution in [-0.2, 0) is 11.8 Å². The average molecular weight is 283 g/mol. The van der Waals surface area contributed by atoms with Crippen molar-refractivity contribution in [3.05, 3.63) is 35.4 Å². The van der Waals surface area contributed by atoms with Gasteiger partial charge in [0, 0.05) is 0 Å². The van der Waals surface area contributed by atoms with E-state index in [2.05, 4.69) is 32.0 Å². The van der Waals surface area contributed by atoms with Crippen molar-refractivity contribution in [2.24, 2.45) is 5.41 Å². The molecule has 1 aromatic carbocycles. The summed E-state index contributed by atoms with van der Waals surface area (Å²) in [6, 6.07) is 10.7. The monoisotopic (exact) mass is 283 g/mol. The molecular formula is C19H25NO. The molecule has 21 heavy (non-hydrogen) atoms. The zero-order chi connectivity index (χ0) is 15.1. The molecule has 112 valence electrons. The fourth-order valence-corrected chi connectivity index (χ4v) is 4.40. The highest BCUT2D eigenvalue weighted by Gasteiger charge is 2.55. The van der Waals surface area contributed by atoms with Crippen LogP contribution in [0.1, 0.15) is 63.5 Å². The molecule has 1 saturated carbocycles. The lowest BCUT2D eigenvalue weighted by Crippen LogP contribution is -2.49. The third-order valence-electron chi connectivity index (χ3n) is 5.89. The van der Waals surface area contributed by atoms with Gasteiger partial charge < -0.3 is 5.11 Å². The van der Waals surface area contributed by atoms with Crippen LogP contribution in [0.25, 0.3) is 0 Å². The van der Waals surface area contributed by atoms with E-state index in [9.17, 15) is 10.4 Å². The summed E-state index contributed by atoms with van der Waals surface area (Å²) >= 11 is 0. The van der Waals surface area contributed by atoms with Crippen molar-refractivity contribution in [2.75, 3.05) is 0 Å². The highest BCUT2D eigenvalue weighted by molar-refractivity contribution is 5.47. The molecule has 0 bridgehead atoms. The van der Waals surface area contributed by atoms with Gasteiger partial charge in [-0.15, -0.1) is 0 Å². The minimum absolute atomic E-state index is 0.277. The molecular weight excluding hydrogens is 258 g/mol. The molecule has 2 nitrogen and oxygen atoms in total. The molecule has 2 unspecified atom stereocenters. The lowest BCUT2D eigenvalue weighted by Gasteiger charge is -2.41. The largest absolute Gasteiger partial charge is 0.388 e. The van der Waals surface area contributed by atoms with Crippen molar-refractivity contribution in [1.29, 1.82) is 5.26 Å². The zero-order valence-corrected chi connectivity index (χ0v) is 13.2. The first-order valence-corrected chi connectivity index (χ1v) is 8.15.